The van der Waals surface area contributed by atoms with Gasteiger partial charge in [0.15, 0.2) is 0 Å². The molecule has 0 aliphatic carbocycles. The number of aryl methyl sites for hydroxylation is 2. The van der Waals surface area contributed by atoms with E-state index in [9.17, 15) is 13.2 Å². The van der Waals surface area contributed by atoms with Crippen molar-refractivity contribution in [3.63, 3.8) is 0 Å². The van der Waals surface area contributed by atoms with Crippen LogP contribution in [-0.4, -0.2) is 38.3 Å². The van der Waals surface area contributed by atoms with Crippen LogP contribution in [0.1, 0.15) is 29.4 Å². The fourth-order valence-corrected chi connectivity index (χ4v) is 5.76. The van der Waals surface area contributed by atoms with Gasteiger partial charge in [-0.1, -0.05) is 48.0 Å². The van der Waals surface area contributed by atoms with Crippen LogP contribution in [0.3, 0.4) is 0 Å². The van der Waals surface area contributed by atoms with Crippen molar-refractivity contribution in [1.82, 2.24) is 9.99 Å². The number of nitrogens with zero attached hydrogens (tertiary/aromatic N) is 3. The first kappa shape index (κ1) is 27.7. The highest BCUT2D eigenvalue weighted by Crippen LogP contribution is 2.32. The molecule has 0 saturated heterocycles. The Balaban J connectivity index is 1.57. The molecule has 0 atom stereocenters. The number of rotatable bonds is 10. The van der Waals surface area contributed by atoms with Gasteiger partial charge in [-0.25, -0.2) is 13.8 Å². The van der Waals surface area contributed by atoms with Crippen molar-refractivity contribution in [2.75, 3.05) is 17.5 Å². The number of amides is 1. The monoisotopic (exact) mass is 544 g/mol. The SMILES string of the molecule is CCOc1ccccc1N(CC(=O)N/N=C\c1cc(C)n(-c2ccc(C)cc2)c1C)S(=O)(=O)c1ccccc1. The summed E-state index contributed by atoms with van der Waals surface area (Å²) < 4.78 is 36.0. The van der Waals surface area contributed by atoms with Crippen molar-refractivity contribution < 1.29 is 17.9 Å². The van der Waals surface area contributed by atoms with Gasteiger partial charge in [-0.15, -0.1) is 0 Å². The van der Waals surface area contributed by atoms with Crippen molar-refractivity contribution >= 4 is 27.8 Å². The van der Waals surface area contributed by atoms with E-state index in [1.54, 1.807) is 48.7 Å². The molecular weight excluding hydrogens is 512 g/mol. The molecule has 1 N–H and O–H groups in total. The van der Waals surface area contributed by atoms with Crippen LogP contribution in [-0.2, 0) is 14.8 Å². The average molecular weight is 545 g/mol. The predicted molar refractivity (Wildman–Crippen MR) is 154 cm³/mol. The first-order valence-corrected chi connectivity index (χ1v) is 14.0. The summed E-state index contributed by atoms with van der Waals surface area (Å²) in [6.07, 6.45) is 1.56. The minimum atomic E-state index is -4.07. The number of hydrogen-bond acceptors (Lipinski definition) is 5. The first-order valence-electron chi connectivity index (χ1n) is 12.6. The van der Waals surface area contributed by atoms with Crippen molar-refractivity contribution in [2.24, 2.45) is 5.10 Å². The fourth-order valence-electron chi connectivity index (χ4n) is 4.31. The van der Waals surface area contributed by atoms with Gasteiger partial charge >= 0.3 is 0 Å². The van der Waals surface area contributed by atoms with Gasteiger partial charge in [-0.05, 0) is 70.2 Å². The summed E-state index contributed by atoms with van der Waals surface area (Å²) in [6.45, 7) is 7.69. The van der Waals surface area contributed by atoms with Gasteiger partial charge in [0, 0.05) is 22.6 Å². The quantitative estimate of drug-likeness (QED) is 0.221. The Bertz CT molecular complexity index is 1580. The third-order valence-electron chi connectivity index (χ3n) is 6.21. The summed E-state index contributed by atoms with van der Waals surface area (Å²) in [6, 6.07) is 24.9. The lowest BCUT2D eigenvalue weighted by Gasteiger charge is -2.25. The Kier molecular flexibility index (Phi) is 8.51. The van der Waals surface area contributed by atoms with E-state index in [0.717, 1.165) is 26.9 Å². The van der Waals surface area contributed by atoms with Crippen molar-refractivity contribution in [3.05, 3.63) is 107 Å². The Morgan fingerprint density at radius 3 is 2.33 bits per heavy atom. The second-order valence-corrected chi connectivity index (χ2v) is 10.9. The Labute approximate surface area is 229 Å². The molecule has 0 aliphatic rings. The van der Waals surface area contributed by atoms with E-state index in [1.165, 1.54) is 17.7 Å². The molecule has 0 spiro atoms. The number of hydrazone groups is 1. The number of aromatic nitrogens is 1. The molecule has 202 valence electrons. The van der Waals surface area contributed by atoms with E-state index >= 15 is 0 Å². The lowest BCUT2D eigenvalue weighted by molar-refractivity contribution is -0.119. The number of sulfonamides is 1. The molecule has 3 aromatic carbocycles. The average Bonchev–Trinajstić information content (AvgIpc) is 3.21. The summed E-state index contributed by atoms with van der Waals surface area (Å²) in [5.41, 5.74) is 7.79. The van der Waals surface area contributed by atoms with Crippen LogP contribution in [0.15, 0.2) is 94.9 Å². The normalized spacial score (nSPS) is 11.5. The van der Waals surface area contributed by atoms with Gasteiger partial charge in [-0.3, -0.25) is 9.10 Å². The molecule has 8 nitrogen and oxygen atoms in total. The molecule has 4 aromatic rings. The van der Waals surface area contributed by atoms with Gasteiger partial charge in [0.2, 0.25) is 0 Å². The lowest BCUT2D eigenvalue weighted by Crippen LogP contribution is -2.39. The van der Waals surface area contributed by atoms with Crippen molar-refractivity contribution in [2.45, 2.75) is 32.6 Å². The molecule has 39 heavy (non-hydrogen) atoms. The highest BCUT2D eigenvalue weighted by Gasteiger charge is 2.29. The standard InChI is InChI=1S/C30H32N4O4S/c1-5-38-29-14-10-9-13-28(29)33(39(36,37)27-11-7-6-8-12-27)21-30(35)32-31-20-25-19-23(3)34(24(25)4)26-17-15-22(2)16-18-26/h6-20H,5,21H2,1-4H3,(H,32,35)/b31-20-. The van der Waals surface area contributed by atoms with Crippen LogP contribution in [0.5, 0.6) is 5.75 Å². The molecule has 0 saturated carbocycles. The van der Waals surface area contributed by atoms with Gasteiger partial charge < -0.3 is 9.30 Å². The van der Waals surface area contributed by atoms with Crippen molar-refractivity contribution in [3.8, 4) is 11.4 Å². The highest BCUT2D eigenvalue weighted by atomic mass is 32.2. The maximum atomic E-state index is 13.6. The van der Waals surface area contributed by atoms with E-state index in [-0.39, 0.29) is 10.6 Å². The van der Waals surface area contributed by atoms with Gasteiger partial charge in [0.05, 0.1) is 23.4 Å². The number of ether oxygens (including phenoxy) is 1. The molecule has 1 amide bonds. The zero-order chi connectivity index (χ0) is 28.0. The van der Waals surface area contributed by atoms with Crippen LogP contribution in [0.4, 0.5) is 5.69 Å². The van der Waals surface area contributed by atoms with Crippen molar-refractivity contribution in [1.29, 1.82) is 0 Å². The molecule has 9 heteroatoms. The smallest absolute Gasteiger partial charge is 0.264 e. The molecule has 1 heterocycles. The number of nitrogens with one attached hydrogen (secondary N) is 1. The second-order valence-electron chi connectivity index (χ2n) is 9.02. The van der Waals surface area contributed by atoms with E-state index < -0.39 is 22.5 Å². The third kappa shape index (κ3) is 6.21. The highest BCUT2D eigenvalue weighted by molar-refractivity contribution is 7.92. The van der Waals surface area contributed by atoms with E-state index in [1.807, 2.05) is 33.8 Å². The maximum absolute atomic E-state index is 13.6. The van der Waals surface area contributed by atoms with Gasteiger partial charge in [0.1, 0.15) is 12.3 Å². The van der Waals surface area contributed by atoms with Gasteiger partial charge in [0.25, 0.3) is 15.9 Å². The molecule has 1 aromatic heterocycles. The molecule has 0 aliphatic heterocycles. The first-order chi connectivity index (χ1) is 18.7. The number of anilines is 1. The van der Waals surface area contributed by atoms with Crippen LogP contribution in [0, 0.1) is 20.8 Å². The summed E-state index contributed by atoms with van der Waals surface area (Å²) >= 11 is 0. The third-order valence-corrected chi connectivity index (χ3v) is 7.98. The number of para-hydroxylation sites is 2. The summed E-state index contributed by atoms with van der Waals surface area (Å²) in [5, 5.41) is 4.13. The Morgan fingerprint density at radius 1 is 0.974 bits per heavy atom. The summed E-state index contributed by atoms with van der Waals surface area (Å²) in [4.78, 5) is 13.1. The summed E-state index contributed by atoms with van der Waals surface area (Å²) in [7, 11) is -4.07. The molecule has 0 radical (unpaired) electrons. The largest absolute Gasteiger partial charge is 0.492 e. The van der Waals surface area contributed by atoms with Crippen LogP contribution in [0.25, 0.3) is 5.69 Å². The zero-order valence-electron chi connectivity index (χ0n) is 22.5. The topological polar surface area (TPSA) is 93.0 Å². The molecule has 0 unspecified atom stereocenters. The van der Waals surface area contributed by atoms with E-state index in [0.29, 0.717) is 12.4 Å². The number of carbonyl (C=O) groups is 1. The Morgan fingerprint density at radius 2 is 1.64 bits per heavy atom. The predicted octanol–water partition coefficient (Wildman–Crippen LogP) is 5.15. The number of hydrogen-bond donors (Lipinski definition) is 1. The number of benzene rings is 3. The second kappa shape index (κ2) is 12.0. The fraction of sp³-hybridized carbons (Fsp3) is 0.200. The lowest BCUT2D eigenvalue weighted by atomic mass is 10.2. The molecular formula is C30H32N4O4S. The van der Waals surface area contributed by atoms with Crippen LogP contribution >= 0.6 is 0 Å². The van der Waals surface area contributed by atoms with Gasteiger partial charge in [-0.2, -0.15) is 5.10 Å². The molecule has 0 bridgehead atoms. The number of carbonyl (C=O) groups excluding carboxylic acids is 1. The zero-order valence-corrected chi connectivity index (χ0v) is 23.3. The minimum Gasteiger partial charge on any atom is -0.492 e. The van der Waals surface area contributed by atoms with Crippen LogP contribution < -0.4 is 14.5 Å². The van der Waals surface area contributed by atoms with Crippen LogP contribution in [0.2, 0.25) is 0 Å². The maximum Gasteiger partial charge on any atom is 0.264 e. The minimum absolute atomic E-state index is 0.0659. The summed E-state index contributed by atoms with van der Waals surface area (Å²) in [5.74, 6) is -0.233. The molecule has 0 fully saturated rings. The Hall–Kier alpha value is -4.37. The van der Waals surface area contributed by atoms with E-state index in [4.69, 9.17) is 4.74 Å². The van der Waals surface area contributed by atoms with E-state index in [2.05, 4.69) is 39.4 Å². The molecule has 4 rings (SSSR count).